The van der Waals surface area contributed by atoms with Gasteiger partial charge < -0.3 is 14.8 Å². The second kappa shape index (κ2) is 8.99. The van der Waals surface area contributed by atoms with Crippen LogP contribution in [0.15, 0.2) is 48.5 Å². The maximum absolute atomic E-state index is 12.9. The van der Waals surface area contributed by atoms with Gasteiger partial charge in [-0.25, -0.2) is 9.18 Å². The lowest BCUT2D eigenvalue weighted by atomic mass is 10.2. The van der Waals surface area contributed by atoms with E-state index in [1.54, 1.807) is 31.2 Å². The third-order valence-electron chi connectivity index (χ3n) is 3.76. The van der Waals surface area contributed by atoms with Crippen molar-refractivity contribution >= 4 is 17.6 Å². The molecule has 2 rings (SSSR count). The van der Waals surface area contributed by atoms with Crippen molar-refractivity contribution in [1.29, 1.82) is 0 Å². The number of hydrogen-bond acceptors (Lipinski definition) is 4. The van der Waals surface area contributed by atoms with E-state index in [9.17, 15) is 14.0 Å². The van der Waals surface area contributed by atoms with Crippen LogP contribution in [-0.2, 0) is 9.53 Å². The molecule has 0 aliphatic heterocycles. The lowest BCUT2D eigenvalue weighted by Crippen LogP contribution is -2.29. The number of benzene rings is 2. The monoisotopic (exact) mass is 359 g/mol. The second-order valence-electron chi connectivity index (χ2n) is 5.90. The highest BCUT2D eigenvalue weighted by molar-refractivity contribution is 6.04. The number of amides is 1. The molecule has 0 aromatic heterocycles. The summed E-state index contributed by atoms with van der Waals surface area (Å²) in [5.74, 6) is -0.674. The van der Waals surface area contributed by atoms with E-state index in [4.69, 9.17) is 9.47 Å². The summed E-state index contributed by atoms with van der Waals surface area (Å²) < 4.78 is 23.6. The van der Waals surface area contributed by atoms with E-state index in [0.717, 1.165) is 6.42 Å². The van der Waals surface area contributed by atoms with Gasteiger partial charge in [-0.1, -0.05) is 6.92 Å². The second-order valence-corrected chi connectivity index (χ2v) is 5.90. The lowest BCUT2D eigenvalue weighted by molar-refractivity contribution is -0.155. The summed E-state index contributed by atoms with van der Waals surface area (Å²) in [4.78, 5) is 24.1. The molecule has 2 aromatic rings. The molecular weight excluding hydrogens is 337 g/mol. The summed E-state index contributed by atoms with van der Waals surface area (Å²) >= 11 is 0. The number of hydrogen-bond donors (Lipinski definition) is 1. The van der Waals surface area contributed by atoms with Crippen molar-refractivity contribution in [2.24, 2.45) is 0 Å². The first-order valence-electron chi connectivity index (χ1n) is 8.43. The van der Waals surface area contributed by atoms with Crippen LogP contribution in [-0.4, -0.2) is 24.1 Å². The summed E-state index contributed by atoms with van der Waals surface area (Å²) in [6.07, 6.45) is -0.176. The Hall–Kier alpha value is -2.89. The standard InChI is InChI=1S/C20H22FNO4/c1-4-13(2)25-20(24)14(3)26-18-11-5-15(6-12-18)19(23)22-17-9-7-16(21)8-10-17/h5-14H,4H2,1-3H3,(H,22,23)/t13-,14-/m1/s1. The van der Waals surface area contributed by atoms with E-state index in [-0.39, 0.29) is 17.8 Å². The molecule has 0 fully saturated rings. The minimum atomic E-state index is -0.747. The summed E-state index contributed by atoms with van der Waals surface area (Å²) in [6, 6.07) is 11.9. The average molecular weight is 359 g/mol. The Morgan fingerprint density at radius 3 is 2.23 bits per heavy atom. The topological polar surface area (TPSA) is 64.6 Å². The molecule has 0 aliphatic carbocycles. The molecule has 2 atom stereocenters. The first-order valence-corrected chi connectivity index (χ1v) is 8.43. The van der Waals surface area contributed by atoms with Crippen LogP contribution in [0.4, 0.5) is 10.1 Å². The molecule has 0 radical (unpaired) electrons. The van der Waals surface area contributed by atoms with Gasteiger partial charge in [-0.05, 0) is 68.8 Å². The van der Waals surface area contributed by atoms with Crippen LogP contribution in [0.2, 0.25) is 0 Å². The summed E-state index contributed by atoms with van der Waals surface area (Å²) in [5, 5.41) is 2.67. The molecule has 138 valence electrons. The smallest absolute Gasteiger partial charge is 0.347 e. The molecule has 0 spiro atoms. The van der Waals surface area contributed by atoms with Crippen LogP contribution in [0.5, 0.6) is 5.75 Å². The van der Waals surface area contributed by atoms with Gasteiger partial charge in [0.1, 0.15) is 11.6 Å². The van der Waals surface area contributed by atoms with E-state index in [1.807, 2.05) is 13.8 Å². The number of ether oxygens (including phenoxy) is 2. The number of halogens is 1. The van der Waals surface area contributed by atoms with Gasteiger partial charge in [0.25, 0.3) is 5.91 Å². The molecule has 2 aromatic carbocycles. The molecule has 26 heavy (non-hydrogen) atoms. The predicted molar refractivity (Wildman–Crippen MR) is 96.7 cm³/mol. The lowest BCUT2D eigenvalue weighted by Gasteiger charge is -2.17. The van der Waals surface area contributed by atoms with Gasteiger partial charge in [-0.15, -0.1) is 0 Å². The van der Waals surface area contributed by atoms with E-state index in [1.165, 1.54) is 24.3 Å². The van der Waals surface area contributed by atoms with Crippen molar-refractivity contribution in [3.05, 3.63) is 59.9 Å². The Bertz CT molecular complexity index is 743. The van der Waals surface area contributed by atoms with Crippen LogP contribution in [0.3, 0.4) is 0 Å². The van der Waals surface area contributed by atoms with E-state index < -0.39 is 12.1 Å². The van der Waals surface area contributed by atoms with E-state index >= 15 is 0 Å². The fourth-order valence-electron chi connectivity index (χ4n) is 2.05. The first-order chi connectivity index (χ1) is 12.4. The number of nitrogens with one attached hydrogen (secondary N) is 1. The fourth-order valence-corrected chi connectivity index (χ4v) is 2.05. The Morgan fingerprint density at radius 1 is 1.04 bits per heavy atom. The molecule has 6 heteroatoms. The number of carbonyl (C=O) groups excluding carboxylic acids is 2. The van der Waals surface area contributed by atoms with Gasteiger partial charge in [0, 0.05) is 11.3 Å². The number of esters is 1. The zero-order valence-electron chi connectivity index (χ0n) is 15.0. The molecule has 0 bridgehead atoms. The summed E-state index contributed by atoms with van der Waals surface area (Å²) in [7, 11) is 0. The zero-order chi connectivity index (χ0) is 19.1. The number of carbonyl (C=O) groups is 2. The molecule has 0 heterocycles. The molecule has 0 unspecified atom stereocenters. The minimum Gasteiger partial charge on any atom is -0.479 e. The van der Waals surface area contributed by atoms with Crippen LogP contribution in [0.25, 0.3) is 0 Å². The van der Waals surface area contributed by atoms with Gasteiger partial charge in [-0.3, -0.25) is 4.79 Å². The maximum Gasteiger partial charge on any atom is 0.347 e. The van der Waals surface area contributed by atoms with Crippen molar-refractivity contribution < 1.29 is 23.5 Å². The highest BCUT2D eigenvalue weighted by Crippen LogP contribution is 2.16. The molecule has 0 saturated carbocycles. The van der Waals surface area contributed by atoms with Gasteiger partial charge in [0.15, 0.2) is 6.10 Å². The van der Waals surface area contributed by atoms with Crippen LogP contribution >= 0.6 is 0 Å². The molecule has 1 amide bonds. The van der Waals surface area contributed by atoms with Crippen LogP contribution in [0, 0.1) is 5.82 Å². The number of anilines is 1. The van der Waals surface area contributed by atoms with Gasteiger partial charge in [0.05, 0.1) is 6.10 Å². The van der Waals surface area contributed by atoms with Crippen LogP contribution in [0.1, 0.15) is 37.6 Å². The minimum absolute atomic E-state index is 0.161. The normalized spacial score (nSPS) is 12.8. The summed E-state index contributed by atoms with van der Waals surface area (Å²) in [5.41, 5.74) is 0.912. The fraction of sp³-hybridized carbons (Fsp3) is 0.300. The molecule has 0 aliphatic rings. The first kappa shape index (κ1) is 19.4. The molecular formula is C20H22FNO4. The maximum atomic E-state index is 12.9. The number of rotatable bonds is 7. The Morgan fingerprint density at radius 2 is 1.65 bits per heavy atom. The summed E-state index contributed by atoms with van der Waals surface area (Å²) in [6.45, 7) is 5.36. The molecule has 5 nitrogen and oxygen atoms in total. The molecule has 1 N–H and O–H groups in total. The highest BCUT2D eigenvalue weighted by atomic mass is 19.1. The van der Waals surface area contributed by atoms with Crippen LogP contribution < -0.4 is 10.1 Å². The third-order valence-corrected chi connectivity index (χ3v) is 3.76. The van der Waals surface area contributed by atoms with Crippen molar-refractivity contribution in [1.82, 2.24) is 0 Å². The molecule has 0 saturated heterocycles. The van der Waals surface area contributed by atoms with E-state index in [2.05, 4.69) is 5.32 Å². The predicted octanol–water partition coefficient (Wildman–Crippen LogP) is 4.19. The Balaban J connectivity index is 1.93. The SMILES string of the molecule is CC[C@@H](C)OC(=O)[C@@H](C)Oc1ccc(C(=O)Nc2ccc(F)cc2)cc1. The Labute approximate surface area is 152 Å². The Kier molecular flexibility index (Phi) is 6.72. The van der Waals surface area contributed by atoms with Crippen molar-refractivity contribution in [2.45, 2.75) is 39.4 Å². The van der Waals surface area contributed by atoms with E-state index in [0.29, 0.717) is 17.0 Å². The third kappa shape index (κ3) is 5.58. The zero-order valence-corrected chi connectivity index (χ0v) is 15.0. The quantitative estimate of drug-likeness (QED) is 0.753. The van der Waals surface area contributed by atoms with Crippen molar-refractivity contribution in [3.8, 4) is 5.75 Å². The average Bonchev–Trinajstić information content (AvgIpc) is 2.63. The van der Waals surface area contributed by atoms with Gasteiger partial charge >= 0.3 is 5.97 Å². The van der Waals surface area contributed by atoms with Gasteiger partial charge in [0.2, 0.25) is 0 Å². The largest absolute Gasteiger partial charge is 0.479 e. The van der Waals surface area contributed by atoms with Gasteiger partial charge in [-0.2, -0.15) is 0 Å². The highest BCUT2D eigenvalue weighted by Gasteiger charge is 2.18. The van der Waals surface area contributed by atoms with Crippen molar-refractivity contribution in [3.63, 3.8) is 0 Å². The van der Waals surface area contributed by atoms with Crippen molar-refractivity contribution in [2.75, 3.05) is 5.32 Å².